The van der Waals surface area contributed by atoms with Crippen LogP contribution in [0.15, 0.2) is 0 Å². The molecule has 16 heavy (non-hydrogen) atoms. The Kier molecular flexibility index (Phi) is 4.26. The number of hydrogen-bond donors (Lipinski definition) is 1. The Bertz CT molecular complexity index is 196. The first-order chi connectivity index (χ1) is 7.74. The lowest BCUT2D eigenvalue weighted by atomic mass is 9.82. The van der Waals surface area contributed by atoms with Crippen molar-refractivity contribution in [2.75, 3.05) is 7.05 Å². The maximum atomic E-state index is 3.88. The Balaban J connectivity index is 1.89. The Morgan fingerprint density at radius 3 is 2.19 bits per heavy atom. The standard InChI is InChI=1S/C14H28N2/c1-4-11(5-2)15-12-9-13-7-6-8-14(10-12)16(13)3/h11-15H,4-10H2,1-3H3. The van der Waals surface area contributed by atoms with Crippen LogP contribution in [0.2, 0.25) is 0 Å². The molecule has 2 rings (SSSR count). The second-order valence-corrected chi connectivity index (χ2v) is 5.75. The third kappa shape index (κ3) is 2.60. The number of fused-ring (bicyclic) bond motifs is 2. The fourth-order valence-electron chi connectivity index (χ4n) is 3.61. The van der Waals surface area contributed by atoms with Crippen LogP contribution in [0, 0.1) is 0 Å². The van der Waals surface area contributed by atoms with E-state index < -0.39 is 0 Å². The van der Waals surface area contributed by atoms with Gasteiger partial charge in [-0.25, -0.2) is 0 Å². The Labute approximate surface area is 101 Å². The zero-order chi connectivity index (χ0) is 11.5. The Morgan fingerprint density at radius 2 is 1.69 bits per heavy atom. The van der Waals surface area contributed by atoms with Crippen LogP contribution in [-0.2, 0) is 0 Å². The molecule has 2 atom stereocenters. The molecule has 2 heteroatoms. The lowest BCUT2D eigenvalue weighted by Crippen LogP contribution is -2.55. The van der Waals surface area contributed by atoms with Gasteiger partial charge in [0, 0.05) is 24.2 Å². The molecule has 0 saturated carbocycles. The van der Waals surface area contributed by atoms with Crippen LogP contribution in [0.3, 0.4) is 0 Å². The monoisotopic (exact) mass is 224 g/mol. The zero-order valence-electron chi connectivity index (χ0n) is 11.2. The third-order valence-electron chi connectivity index (χ3n) is 4.80. The summed E-state index contributed by atoms with van der Waals surface area (Å²) in [6.45, 7) is 4.61. The van der Waals surface area contributed by atoms with E-state index in [0.29, 0.717) is 0 Å². The summed E-state index contributed by atoms with van der Waals surface area (Å²) in [6, 6.07) is 3.25. The van der Waals surface area contributed by atoms with E-state index in [1.54, 1.807) is 0 Å². The van der Waals surface area contributed by atoms with Crippen molar-refractivity contribution < 1.29 is 0 Å². The summed E-state index contributed by atoms with van der Waals surface area (Å²) in [5, 5.41) is 3.88. The molecule has 2 heterocycles. The molecule has 0 aromatic carbocycles. The summed E-state index contributed by atoms with van der Waals surface area (Å²) in [4.78, 5) is 2.65. The first-order valence-corrected chi connectivity index (χ1v) is 7.22. The van der Waals surface area contributed by atoms with Crippen LogP contribution in [0.5, 0.6) is 0 Å². The Hall–Kier alpha value is -0.0800. The molecule has 2 fully saturated rings. The highest BCUT2D eigenvalue weighted by atomic mass is 15.2. The summed E-state index contributed by atoms with van der Waals surface area (Å²) in [5.74, 6) is 0. The van der Waals surface area contributed by atoms with E-state index in [-0.39, 0.29) is 0 Å². The molecular formula is C14H28N2. The predicted molar refractivity (Wildman–Crippen MR) is 69.7 cm³/mol. The zero-order valence-corrected chi connectivity index (χ0v) is 11.2. The van der Waals surface area contributed by atoms with Crippen LogP contribution in [0.4, 0.5) is 0 Å². The summed E-state index contributed by atoms with van der Waals surface area (Å²) >= 11 is 0. The third-order valence-corrected chi connectivity index (χ3v) is 4.80. The molecule has 2 saturated heterocycles. The van der Waals surface area contributed by atoms with Crippen LogP contribution in [0.25, 0.3) is 0 Å². The highest BCUT2D eigenvalue weighted by molar-refractivity contribution is 4.94. The number of rotatable bonds is 4. The van der Waals surface area contributed by atoms with Gasteiger partial charge in [0.25, 0.3) is 0 Å². The van der Waals surface area contributed by atoms with Crippen molar-refractivity contribution >= 4 is 0 Å². The number of nitrogens with one attached hydrogen (secondary N) is 1. The maximum absolute atomic E-state index is 3.88. The van der Waals surface area contributed by atoms with Crippen LogP contribution < -0.4 is 5.32 Å². The van der Waals surface area contributed by atoms with Crippen molar-refractivity contribution in [2.24, 2.45) is 0 Å². The minimum atomic E-state index is 0.745. The van der Waals surface area contributed by atoms with E-state index in [1.807, 2.05) is 0 Å². The summed E-state index contributed by atoms with van der Waals surface area (Å²) in [5.41, 5.74) is 0. The van der Waals surface area contributed by atoms with Gasteiger partial charge in [0.1, 0.15) is 0 Å². The molecule has 2 aliphatic heterocycles. The predicted octanol–water partition coefficient (Wildman–Crippen LogP) is 2.78. The molecule has 2 nitrogen and oxygen atoms in total. The average Bonchev–Trinajstić information content (AvgIpc) is 2.27. The van der Waals surface area contributed by atoms with E-state index in [2.05, 4.69) is 31.1 Å². The van der Waals surface area contributed by atoms with Gasteiger partial charge in [-0.3, -0.25) is 0 Å². The van der Waals surface area contributed by atoms with E-state index in [9.17, 15) is 0 Å². The van der Waals surface area contributed by atoms with Gasteiger partial charge in [-0.2, -0.15) is 0 Å². The molecule has 0 aromatic rings. The fraction of sp³-hybridized carbons (Fsp3) is 1.00. The lowest BCUT2D eigenvalue weighted by Gasteiger charge is -2.48. The van der Waals surface area contributed by atoms with E-state index in [4.69, 9.17) is 0 Å². The van der Waals surface area contributed by atoms with Crippen molar-refractivity contribution in [3.05, 3.63) is 0 Å². The van der Waals surface area contributed by atoms with Gasteiger partial charge in [-0.15, -0.1) is 0 Å². The van der Waals surface area contributed by atoms with E-state index >= 15 is 0 Å². The van der Waals surface area contributed by atoms with E-state index in [1.165, 1.54) is 44.9 Å². The second kappa shape index (κ2) is 5.50. The summed E-state index contributed by atoms with van der Waals surface area (Å²) in [7, 11) is 2.34. The van der Waals surface area contributed by atoms with Crippen molar-refractivity contribution in [1.29, 1.82) is 0 Å². The molecule has 2 aliphatic rings. The van der Waals surface area contributed by atoms with Gasteiger partial charge >= 0.3 is 0 Å². The molecule has 94 valence electrons. The molecule has 2 unspecified atom stereocenters. The first kappa shape index (κ1) is 12.4. The molecule has 0 amide bonds. The number of nitrogens with zero attached hydrogens (tertiary/aromatic N) is 1. The molecule has 0 aliphatic carbocycles. The fourth-order valence-corrected chi connectivity index (χ4v) is 3.61. The molecule has 0 radical (unpaired) electrons. The molecule has 0 spiro atoms. The highest BCUT2D eigenvalue weighted by Crippen LogP contribution is 2.32. The number of hydrogen-bond acceptors (Lipinski definition) is 2. The molecule has 1 N–H and O–H groups in total. The average molecular weight is 224 g/mol. The van der Waals surface area contributed by atoms with Gasteiger partial charge < -0.3 is 10.2 Å². The van der Waals surface area contributed by atoms with E-state index in [0.717, 1.165) is 24.2 Å². The molecule has 0 aromatic heterocycles. The first-order valence-electron chi connectivity index (χ1n) is 7.22. The van der Waals surface area contributed by atoms with Gasteiger partial charge in [0.2, 0.25) is 0 Å². The van der Waals surface area contributed by atoms with Gasteiger partial charge in [-0.1, -0.05) is 20.3 Å². The summed E-state index contributed by atoms with van der Waals surface area (Å²) < 4.78 is 0. The van der Waals surface area contributed by atoms with Crippen LogP contribution in [-0.4, -0.2) is 36.1 Å². The van der Waals surface area contributed by atoms with Gasteiger partial charge in [0.15, 0.2) is 0 Å². The van der Waals surface area contributed by atoms with Crippen molar-refractivity contribution in [3.63, 3.8) is 0 Å². The topological polar surface area (TPSA) is 15.3 Å². The normalized spacial score (nSPS) is 35.6. The highest BCUT2D eigenvalue weighted by Gasteiger charge is 2.36. The lowest BCUT2D eigenvalue weighted by molar-refractivity contribution is 0.0455. The van der Waals surface area contributed by atoms with Crippen molar-refractivity contribution in [1.82, 2.24) is 10.2 Å². The van der Waals surface area contributed by atoms with Gasteiger partial charge in [-0.05, 0) is 45.6 Å². The smallest absolute Gasteiger partial charge is 0.0110 e. The minimum Gasteiger partial charge on any atom is -0.311 e. The second-order valence-electron chi connectivity index (χ2n) is 5.75. The SMILES string of the molecule is CCC(CC)NC1CC2CCCC(C1)N2C. The maximum Gasteiger partial charge on any atom is 0.0110 e. The van der Waals surface area contributed by atoms with Crippen LogP contribution >= 0.6 is 0 Å². The minimum absolute atomic E-state index is 0.745. The van der Waals surface area contributed by atoms with Crippen LogP contribution in [0.1, 0.15) is 58.8 Å². The Morgan fingerprint density at radius 1 is 1.12 bits per heavy atom. The van der Waals surface area contributed by atoms with Crippen molar-refractivity contribution in [2.45, 2.75) is 83.0 Å². The van der Waals surface area contributed by atoms with Crippen molar-refractivity contribution in [3.8, 4) is 0 Å². The molecule has 2 bridgehead atoms. The number of piperidine rings is 2. The van der Waals surface area contributed by atoms with Gasteiger partial charge in [0.05, 0.1) is 0 Å². The summed E-state index contributed by atoms with van der Waals surface area (Å²) in [6.07, 6.45) is 9.61. The quantitative estimate of drug-likeness (QED) is 0.790. The largest absolute Gasteiger partial charge is 0.311 e. The molecular weight excluding hydrogens is 196 g/mol.